The molecule has 0 bridgehead atoms. The molecule has 0 aromatic heterocycles. The lowest BCUT2D eigenvalue weighted by molar-refractivity contribution is -0.141. The maximum atomic E-state index is 12.2. The van der Waals surface area contributed by atoms with E-state index in [-0.39, 0.29) is 30.2 Å². The van der Waals surface area contributed by atoms with Crippen molar-refractivity contribution in [2.45, 2.75) is 37.5 Å². The van der Waals surface area contributed by atoms with Crippen molar-refractivity contribution in [3.63, 3.8) is 0 Å². The highest BCUT2D eigenvalue weighted by molar-refractivity contribution is 5.75. The van der Waals surface area contributed by atoms with E-state index in [1.807, 2.05) is 0 Å². The molecule has 2 fully saturated rings. The predicted octanol–water partition coefficient (Wildman–Crippen LogP) is 0.295. The van der Waals surface area contributed by atoms with Crippen molar-refractivity contribution in [2.24, 2.45) is 5.92 Å². The van der Waals surface area contributed by atoms with Crippen LogP contribution in [0.15, 0.2) is 0 Å². The highest BCUT2D eigenvalue weighted by atomic mass is 16.5. The SMILES string of the molecule is COC1CN(C(=O)NC2CCC(C(=O)O)C2)CC1OC. The number of aliphatic carboxylic acids is 1. The van der Waals surface area contributed by atoms with Crippen LogP contribution in [0.4, 0.5) is 4.79 Å². The first-order valence-corrected chi connectivity index (χ1v) is 6.89. The summed E-state index contributed by atoms with van der Waals surface area (Å²) < 4.78 is 10.6. The van der Waals surface area contributed by atoms with Gasteiger partial charge in [0.1, 0.15) is 12.2 Å². The van der Waals surface area contributed by atoms with Crippen LogP contribution in [-0.2, 0) is 14.3 Å². The van der Waals surface area contributed by atoms with Crippen LogP contribution < -0.4 is 5.32 Å². The Morgan fingerprint density at radius 2 is 1.75 bits per heavy atom. The van der Waals surface area contributed by atoms with Gasteiger partial charge in [0, 0.05) is 20.3 Å². The van der Waals surface area contributed by atoms with E-state index in [9.17, 15) is 9.59 Å². The number of hydrogen-bond donors (Lipinski definition) is 2. The lowest BCUT2D eigenvalue weighted by atomic mass is 10.1. The van der Waals surface area contributed by atoms with E-state index in [0.29, 0.717) is 25.9 Å². The summed E-state index contributed by atoms with van der Waals surface area (Å²) in [4.78, 5) is 24.7. The first kappa shape index (κ1) is 15.1. The van der Waals surface area contributed by atoms with Gasteiger partial charge in [0.15, 0.2) is 0 Å². The van der Waals surface area contributed by atoms with E-state index in [1.54, 1.807) is 19.1 Å². The quantitative estimate of drug-likeness (QED) is 0.776. The summed E-state index contributed by atoms with van der Waals surface area (Å²) in [5.41, 5.74) is 0. The number of methoxy groups -OCH3 is 2. The van der Waals surface area contributed by atoms with Gasteiger partial charge >= 0.3 is 12.0 Å². The normalized spacial score (nSPS) is 33.4. The Labute approximate surface area is 118 Å². The van der Waals surface area contributed by atoms with Gasteiger partial charge in [-0.25, -0.2) is 4.79 Å². The van der Waals surface area contributed by atoms with Crippen LogP contribution in [0.2, 0.25) is 0 Å². The fourth-order valence-electron chi connectivity index (χ4n) is 2.97. The standard InChI is InChI=1S/C13H22N2O5/c1-19-10-6-15(7-11(10)20-2)13(18)14-9-4-3-8(5-9)12(16)17/h8-11H,3-7H2,1-2H3,(H,14,18)(H,16,17). The van der Waals surface area contributed by atoms with E-state index in [2.05, 4.69) is 5.32 Å². The number of rotatable bonds is 4. The van der Waals surface area contributed by atoms with Crippen molar-refractivity contribution in [3.8, 4) is 0 Å². The third-order valence-electron chi connectivity index (χ3n) is 4.22. The van der Waals surface area contributed by atoms with Gasteiger partial charge in [-0.3, -0.25) is 4.79 Å². The van der Waals surface area contributed by atoms with Crippen LogP contribution in [0.3, 0.4) is 0 Å². The van der Waals surface area contributed by atoms with Crippen molar-refractivity contribution in [1.29, 1.82) is 0 Å². The van der Waals surface area contributed by atoms with Gasteiger partial charge in [-0.15, -0.1) is 0 Å². The summed E-state index contributed by atoms with van der Waals surface area (Å²) in [5, 5.41) is 11.9. The number of nitrogens with zero attached hydrogens (tertiary/aromatic N) is 1. The largest absolute Gasteiger partial charge is 0.481 e. The van der Waals surface area contributed by atoms with E-state index in [0.717, 1.165) is 6.42 Å². The zero-order valence-corrected chi connectivity index (χ0v) is 11.9. The summed E-state index contributed by atoms with van der Waals surface area (Å²) in [5.74, 6) is -1.11. The third kappa shape index (κ3) is 3.21. The lowest BCUT2D eigenvalue weighted by Crippen LogP contribution is -2.43. The van der Waals surface area contributed by atoms with Crippen LogP contribution in [0.1, 0.15) is 19.3 Å². The van der Waals surface area contributed by atoms with E-state index >= 15 is 0 Å². The van der Waals surface area contributed by atoms with Crippen LogP contribution in [0.25, 0.3) is 0 Å². The Morgan fingerprint density at radius 1 is 1.15 bits per heavy atom. The second kappa shape index (κ2) is 6.41. The Kier molecular flexibility index (Phi) is 4.82. The minimum atomic E-state index is -0.776. The molecule has 20 heavy (non-hydrogen) atoms. The molecular formula is C13H22N2O5. The zero-order chi connectivity index (χ0) is 14.7. The first-order chi connectivity index (χ1) is 9.55. The highest BCUT2D eigenvalue weighted by Gasteiger charge is 2.37. The fourth-order valence-corrected chi connectivity index (χ4v) is 2.97. The smallest absolute Gasteiger partial charge is 0.317 e. The minimum absolute atomic E-state index is 0.0498. The van der Waals surface area contributed by atoms with Crippen molar-refractivity contribution in [3.05, 3.63) is 0 Å². The molecule has 2 N–H and O–H groups in total. The molecule has 0 spiro atoms. The lowest BCUT2D eigenvalue weighted by Gasteiger charge is -2.20. The molecular weight excluding hydrogens is 264 g/mol. The number of ether oxygens (including phenoxy) is 2. The van der Waals surface area contributed by atoms with Gasteiger partial charge in [0.25, 0.3) is 0 Å². The number of carbonyl (C=O) groups is 2. The molecule has 4 atom stereocenters. The molecule has 1 heterocycles. The molecule has 114 valence electrons. The van der Waals surface area contributed by atoms with E-state index in [1.165, 1.54) is 0 Å². The summed E-state index contributed by atoms with van der Waals surface area (Å²) in [6.07, 6.45) is 1.64. The van der Waals surface area contributed by atoms with Crippen LogP contribution >= 0.6 is 0 Å². The number of carboxylic acids is 1. The summed E-state index contributed by atoms with van der Waals surface area (Å²) in [6.45, 7) is 0.992. The van der Waals surface area contributed by atoms with Crippen molar-refractivity contribution in [2.75, 3.05) is 27.3 Å². The summed E-state index contributed by atoms with van der Waals surface area (Å²) in [6, 6.07) is -0.214. The van der Waals surface area contributed by atoms with Crippen LogP contribution in [0, 0.1) is 5.92 Å². The van der Waals surface area contributed by atoms with Crippen LogP contribution in [0.5, 0.6) is 0 Å². The summed E-state index contributed by atoms with van der Waals surface area (Å²) in [7, 11) is 3.21. The third-order valence-corrected chi connectivity index (χ3v) is 4.22. The van der Waals surface area contributed by atoms with Gasteiger partial charge < -0.3 is 24.8 Å². The second-order valence-electron chi connectivity index (χ2n) is 5.45. The Bertz CT molecular complexity index is 364. The number of carbonyl (C=O) groups excluding carboxylic acids is 1. The monoisotopic (exact) mass is 286 g/mol. The van der Waals surface area contributed by atoms with Crippen molar-refractivity contribution >= 4 is 12.0 Å². The molecule has 2 amide bonds. The Hall–Kier alpha value is -1.34. The van der Waals surface area contributed by atoms with Gasteiger partial charge in [-0.2, -0.15) is 0 Å². The zero-order valence-electron chi connectivity index (χ0n) is 11.9. The molecule has 0 aromatic carbocycles. The molecule has 1 saturated heterocycles. The number of hydrogen-bond acceptors (Lipinski definition) is 4. The Morgan fingerprint density at radius 3 is 2.20 bits per heavy atom. The number of nitrogens with one attached hydrogen (secondary N) is 1. The molecule has 2 rings (SSSR count). The number of urea groups is 1. The van der Waals surface area contributed by atoms with Crippen LogP contribution in [-0.4, -0.2) is 67.6 Å². The minimum Gasteiger partial charge on any atom is -0.481 e. The number of likely N-dealkylation sites (tertiary alicyclic amines) is 1. The Balaban J connectivity index is 1.83. The number of carboxylic acid groups (broad SMARTS) is 1. The topological polar surface area (TPSA) is 88.1 Å². The molecule has 1 aliphatic carbocycles. The maximum absolute atomic E-state index is 12.2. The molecule has 2 aliphatic rings. The van der Waals surface area contributed by atoms with Gasteiger partial charge in [0.05, 0.1) is 19.0 Å². The maximum Gasteiger partial charge on any atom is 0.317 e. The molecule has 1 saturated carbocycles. The van der Waals surface area contributed by atoms with E-state index < -0.39 is 5.97 Å². The van der Waals surface area contributed by atoms with Gasteiger partial charge in [0.2, 0.25) is 0 Å². The summed E-state index contributed by atoms with van der Waals surface area (Å²) >= 11 is 0. The molecule has 7 nitrogen and oxygen atoms in total. The average Bonchev–Trinajstić information content (AvgIpc) is 3.04. The van der Waals surface area contributed by atoms with Gasteiger partial charge in [-0.05, 0) is 19.3 Å². The average molecular weight is 286 g/mol. The first-order valence-electron chi connectivity index (χ1n) is 6.89. The second-order valence-corrected chi connectivity index (χ2v) is 5.45. The van der Waals surface area contributed by atoms with Gasteiger partial charge in [-0.1, -0.05) is 0 Å². The van der Waals surface area contributed by atoms with Crippen molar-refractivity contribution < 1.29 is 24.2 Å². The molecule has 0 radical (unpaired) electrons. The molecule has 7 heteroatoms. The fraction of sp³-hybridized carbons (Fsp3) is 0.846. The molecule has 4 unspecified atom stereocenters. The molecule has 1 aliphatic heterocycles. The predicted molar refractivity (Wildman–Crippen MR) is 70.5 cm³/mol. The highest BCUT2D eigenvalue weighted by Crippen LogP contribution is 2.26. The van der Waals surface area contributed by atoms with Crippen molar-refractivity contribution in [1.82, 2.24) is 10.2 Å². The number of amides is 2. The van der Waals surface area contributed by atoms with E-state index in [4.69, 9.17) is 14.6 Å². The molecule has 0 aromatic rings.